The molecular formula is C10H16N2S. The topological polar surface area (TPSA) is 38.9 Å². The van der Waals surface area contributed by atoms with E-state index in [-0.39, 0.29) is 0 Å². The standard InChI is InChI=1S/C10H16N2S/c1-7(2)8(3)13-9-4-5-10(11)12-6-9/h4-8H,1-3H3,(H2,11,12). The van der Waals surface area contributed by atoms with Crippen molar-refractivity contribution in [2.45, 2.75) is 30.9 Å². The molecule has 1 aromatic heterocycles. The lowest BCUT2D eigenvalue weighted by Crippen LogP contribution is -2.05. The van der Waals surface area contributed by atoms with Gasteiger partial charge in [-0.3, -0.25) is 0 Å². The third kappa shape index (κ3) is 3.27. The van der Waals surface area contributed by atoms with Gasteiger partial charge in [-0.15, -0.1) is 11.8 Å². The third-order valence-corrected chi connectivity index (χ3v) is 3.45. The number of aromatic nitrogens is 1. The van der Waals surface area contributed by atoms with Crippen LogP contribution in [0.2, 0.25) is 0 Å². The van der Waals surface area contributed by atoms with Gasteiger partial charge in [0, 0.05) is 16.3 Å². The number of nitrogens with zero attached hydrogens (tertiary/aromatic N) is 1. The summed E-state index contributed by atoms with van der Waals surface area (Å²) < 4.78 is 0. The minimum absolute atomic E-state index is 0.585. The van der Waals surface area contributed by atoms with Gasteiger partial charge in [0.15, 0.2) is 0 Å². The lowest BCUT2D eigenvalue weighted by atomic mass is 10.2. The molecule has 1 heterocycles. The van der Waals surface area contributed by atoms with Crippen LogP contribution in [0.5, 0.6) is 0 Å². The van der Waals surface area contributed by atoms with Gasteiger partial charge in [0.25, 0.3) is 0 Å². The highest BCUT2D eigenvalue weighted by atomic mass is 32.2. The van der Waals surface area contributed by atoms with Crippen LogP contribution in [0.25, 0.3) is 0 Å². The van der Waals surface area contributed by atoms with E-state index < -0.39 is 0 Å². The van der Waals surface area contributed by atoms with E-state index in [1.54, 1.807) is 0 Å². The molecule has 1 atom stereocenters. The highest BCUT2D eigenvalue weighted by molar-refractivity contribution is 8.00. The van der Waals surface area contributed by atoms with Crippen LogP contribution in [0.1, 0.15) is 20.8 Å². The molecule has 0 saturated heterocycles. The summed E-state index contributed by atoms with van der Waals surface area (Å²) in [5.41, 5.74) is 5.50. The van der Waals surface area contributed by atoms with Crippen LogP contribution in [0, 0.1) is 5.92 Å². The molecule has 0 saturated carbocycles. The highest BCUT2D eigenvalue weighted by Crippen LogP contribution is 2.27. The zero-order chi connectivity index (χ0) is 9.84. The number of nitrogens with two attached hydrogens (primary N) is 1. The van der Waals surface area contributed by atoms with Gasteiger partial charge in [-0.1, -0.05) is 20.8 Å². The summed E-state index contributed by atoms with van der Waals surface area (Å²) in [5, 5.41) is 0.616. The summed E-state index contributed by atoms with van der Waals surface area (Å²) in [4.78, 5) is 5.24. The van der Waals surface area contributed by atoms with Gasteiger partial charge in [0.05, 0.1) is 0 Å². The Bertz CT molecular complexity index is 256. The molecule has 1 aromatic rings. The van der Waals surface area contributed by atoms with E-state index in [0.29, 0.717) is 17.0 Å². The molecule has 0 radical (unpaired) electrons. The van der Waals surface area contributed by atoms with Crippen LogP contribution in [0.3, 0.4) is 0 Å². The number of hydrogen-bond donors (Lipinski definition) is 1. The zero-order valence-corrected chi connectivity index (χ0v) is 9.14. The monoisotopic (exact) mass is 196 g/mol. The van der Waals surface area contributed by atoms with E-state index >= 15 is 0 Å². The van der Waals surface area contributed by atoms with Crippen molar-refractivity contribution in [1.82, 2.24) is 4.98 Å². The van der Waals surface area contributed by atoms with Gasteiger partial charge in [0.1, 0.15) is 5.82 Å². The Hall–Kier alpha value is -0.700. The first-order chi connectivity index (χ1) is 6.09. The molecule has 0 aliphatic rings. The second-order valence-corrected chi connectivity index (χ2v) is 4.94. The highest BCUT2D eigenvalue weighted by Gasteiger charge is 2.08. The van der Waals surface area contributed by atoms with E-state index in [4.69, 9.17) is 5.73 Å². The van der Waals surface area contributed by atoms with Gasteiger partial charge in [-0.25, -0.2) is 4.98 Å². The molecule has 2 nitrogen and oxygen atoms in total. The normalized spacial score (nSPS) is 13.2. The number of nitrogen functional groups attached to an aromatic ring is 1. The lowest BCUT2D eigenvalue weighted by Gasteiger charge is -2.14. The predicted molar refractivity (Wildman–Crippen MR) is 58.8 cm³/mol. The molecule has 0 amide bonds. The SMILES string of the molecule is CC(C)C(C)Sc1ccc(N)nc1. The Kier molecular flexibility index (Phi) is 3.60. The number of anilines is 1. The smallest absolute Gasteiger partial charge is 0.123 e. The fourth-order valence-corrected chi connectivity index (χ4v) is 1.77. The quantitative estimate of drug-likeness (QED) is 0.755. The van der Waals surface area contributed by atoms with Crippen molar-refractivity contribution in [3.8, 4) is 0 Å². The fraction of sp³-hybridized carbons (Fsp3) is 0.500. The third-order valence-electron chi connectivity index (χ3n) is 2.02. The molecule has 2 N–H and O–H groups in total. The number of thioether (sulfide) groups is 1. The van der Waals surface area contributed by atoms with Crippen LogP contribution in [0.4, 0.5) is 5.82 Å². The Morgan fingerprint density at radius 2 is 2.00 bits per heavy atom. The molecule has 72 valence electrons. The molecule has 13 heavy (non-hydrogen) atoms. The number of pyridine rings is 1. The first-order valence-electron chi connectivity index (χ1n) is 4.48. The minimum atomic E-state index is 0.585. The molecule has 1 rings (SSSR count). The second kappa shape index (κ2) is 4.51. The van der Waals surface area contributed by atoms with E-state index in [9.17, 15) is 0 Å². The van der Waals surface area contributed by atoms with E-state index in [1.165, 1.54) is 4.90 Å². The van der Waals surface area contributed by atoms with Crippen molar-refractivity contribution in [3.63, 3.8) is 0 Å². The Morgan fingerprint density at radius 3 is 2.46 bits per heavy atom. The summed E-state index contributed by atoms with van der Waals surface area (Å²) in [5.74, 6) is 1.27. The number of rotatable bonds is 3. The average molecular weight is 196 g/mol. The first kappa shape index (κ1) is 10.4. The Balaban J connectivity index is 2.59. The molecule has 0 bridgehead atoms. The van der Waals surface area contributed by atoms with Crippen LogP contribution < -0.4 is 5.73 Å². The predicted octanol–water partition coefficient (Wildman–Crippen LogP) is 2.80. The minimum Gasteiger partial charge on any atom is -0.384 e. The van der Waals surface area contributed by atoms with Crippen LogP contribution in [-0.2, 0) is 0 Å². The lowest BCUT2D eigenvalue weighted by molar-refractivity contribution is 0.642. The summed E-state index contributed by atoms with van der Waals surface area (Å²) in [6, 6.07) is 3.86. The van der Waals surface area contributed by atoms with E-state index in [0.717, 1.165) is 0 Å². The largest absolute Gasteiger partial charge is 0.384 e. The molecule has 1 unspecified atom stereocenters. The van der Waals surface area contributed by atoms with Gasteiger partial charge in [-0.05, 0) is 18.1 Å². The van der Waals surface area contributed by atoms with Crippen molar-refractivity contribution in [3.05, 3.63) is 18.3 Å². The van der Waals surface area contributed by atoms with Crippen molar-refractivity contribution in [2.24, 2.45) is 5.92 Å². The second-order valence-electron chi connectivity index (χ2n) is 3.49. The molecular weight excluding hydrogens is 180 g/mol. The van der Waals surface area contributed by atoms with Crippen molar-refractivity contribution in [1.29, 1.82) is 0 Å². The molecule has 0 aromatic carbocycles. The van der Waals surface area contributed by atoms with Crippen molar-refractivity contribution in [2.75, 3.05) is 5.73 Å². The van der Waals surface area contributed by atoms with Crippen molar-refractivity contribution < 1.29 is 0 Å². The van der Waals surface area contributed by atoms with Gasteiger partial charge >= 0.3 is 0 Å². The number of hydrogen-bond acceptors (Lipinski definition) is 3. The maximum Gasteiger partial charge on any atom is 0.123 e. The molecule has 0 fully saturated rings. The van der Waals surface area contributed by atoms with E-state index in [2.05, 4.69) is 25.8 Å². The average Bonchev–Trinajstić information content (AvgIpc) is 2.08. The summed E-state index contributed by atoms with van der Waals surface area (Å²) >= 11 is 1.84. The zero-order valence-electron chi connectivity index (χ0n) is 8.32. The summed E-state index contributed by atoms with van der Waals surface area (Å²) in [6.45, 7) is 6.68. The van der Waals surface area contributed by atoms with Gasteiger partial charge in [0.2, 0.25) is 0 Å². The molecule has 0 aliphatic carbocycles. The first-order valence-corrected chi connectivity index (χ1v) is 5.35. The van der Waals surface area contributed by atoms with Crippen LogP contribution in [-0.4, -0.2) is 10.2 Å². The van der Waals surface area contributed by atoms with Crippen LogP contribution in [0.15, 0.2) is 23.2 Å². The maximum absolute atomic E-state index is 5.50. The summed E-state index contributed by atoms with van der Waals surface area (Å²) in [7, 11) is 0. The molecule has 0 aliphatic heterocycles. The maximum atomic E-state index is 5.50. The van der Waals surface area contributed by atoms with Crippen molar-refractivity contribution >= 4 is 17.6 Å². The van der Waals surface area contributed by atoms with E-state index in [1.807, 2.05) is 30.1 Å². The fourth-order valence-electron chi connectivity index (χ4n) is 0.812. The van der Waals surface area contributed by atoms with Gasteiger partial charge in [-0.2, -0.15) is 0 Å². The summed E-state index contributed by atoms with van der Waals surface area (Å²) in [6.07, 6.45) is 1.83. The molecule has 0 spiro atoms. The Morgan fingerprint density at radius 1 is 1.31 bits per heavy atom. The Labute approximate surface area is 83.9 Å². The van der Waals surface area contributed by atoms with Gasteiger partial charge < -0.3 is 5.73 Å². The van der Waals surface area contributed by atoms with Crippen LogP contribution >= 0.6 is 11.8 Å². The molecule has 3 heteroatoms.